The van der Waals surface area contributed by atoms with E-state index in [1.165, 1.54) is 19.1 Å². The van der Waals surface area contributed by atoms with E-state index in [0.717, 1.165) is 12.0 Å². The molecule has 6 nitrogen and oxygen atoms in total. The summed E-state index contributed by atoms with van der Waals surface area (Å²) in [5.74, 6) is -0.787. The zero-order valence-electron chi connectivity index (χ0n) is 17.6. The SMILES string of the molecule is CCC(C)[C@H](CC(=O)[C@H](Cc1ccc(O)cc1)NC(=O)[C@@H](N)C(C)C)C(C)=O. The van der Waals surface area contributed by atoms with E-state index in [9.17, 15) is 19.5 Å². The lowest BCUT2D eigenvalue weighted by atomic mass is 9.83. The molecule has 4 atom stereocenters. The predicted molar refractivity (Wildman–Crippen MR) is 110 cm³/mol. The van der Waals surface area contributed by atoms with Crippen LogP contribution in [0.1, 0.15) is 53.0 Å². The van der Waals surface area contributed by atoms with Crippen LogP contribution in [0.4, 0.5) is 0 Å². The first-order chi connectivity index (χ1) is 13.1. The molecule has 1 unspecified atom stereocenters. The van der Waals surface area contributed by atoms with Gasteiger partial charge in [0.2, 0.25) is 5.91 Å². The number of aromatic hydroxyl groups is 1. The summed E-state index contributed by atoms with van der Waals surface area (Å²) >= 11 is 0. The monoisotopic (exact) mass is 390 g/mol. The summed E-state index contributed by atoms with van der Waals surface area (Å²) in [5.41, 5.74) is 6.73. The van der Waals surface area contributed by atoms with E-state index in [2.05, 4.69) is 5.32 Å². The Morgan fingerprint density at radius 3 is 2.14 bits per heavy atom. The van der Waals surface area contributed by atoms with E-state index >= 15 is 0 Å². The maximum Gasteiger partial charge on any atom is 0.237 e. The molecule has 6 heteroatoms. The fourth-order valence-corrected chi connectivity index (χ4v) is 3.07. The highest BCUT2D eigenvalue weighted by Crippen LogP contribution is 2.22. The minimum absolute atomic E-state index is 0.0173. The van der Waals surface area contributed by atoms with Crippen LogP contribution in [-0.4, -0.2) is 34.7 Å². The van der Waals surface area contributed by atoms with Crippen LogP contribution >= 0.6 is 0 Å². The maximum absolute atomic E-state index is 13.0. The quantitative estimate of drug-likeness (QED) is 0.538. The lowest BCUT2D eigenvalue weighted by Gasteiger charge is -2.25. The van der Waals surface area contributed by atoms with Gasteiger partial charge in [0.25, 0.3) is 0 Å². The number of carbonyl (C=O) groups excluding carboxylic acids is 3. The molecular formula is C22H34N2O4. The Labute approximate surface area is 167 Å². The average Bonchev–Trinajstić information content (AvgIpc) is 2.65. The number of hydrogen-bond donors (Lipinski definition) is 3. The molecule has 0 saturated carbocycles. The van der Waals surface area contributed by atoms with E-state index in [0.29, 0.717) is 0 Å². The van der Waals surface area contributed by atoms with E-state index in [1.807, 2.05) is 27.7 Å². The Bertz CT molecular complexity index is 670. The second-order valence-corrected chi connectivity index (χ2v) is 7.97. The molecule has 0 spiro atoms. The lowest BCUT2D eigenvalue weighted by molar-refractivity contribution is -0.131. The number of rotatable bonds is 11. The first kappa shape index (κ1) is 23.8. The third-order valence-electron chi connectivity index (χ3n) is 5.38. The number of phenols is 1. The van der Waals surface area contributed by atoms with Crippen molar-refractivity contribution < 1.29 is 19.5 Å². The van der Waals surface area contributed by atoms with Crippen molar-refractivity contribution in [2.45, 2.75) is 66.0 Å². The average molecular weight is 391 g/mol. The van der Waals surface area contributed by atoms with Crippen molar-refractivity contribution >= 4 is 17.5 Å². The summed E-state index contributed by atoms with van der Waals surface area (Å²) in [7, 11) is 0. The Kier molecular flexibility index (Phi) is 9.32. The van der Waals surface area contributed by atoms with Crippen molar-refractivity contribution in [1.29, 1.82) is 0 Å². The third kappa shape index (κ3) is 7.08. The minimum atomic E-state index is -0.771. The molecule has 0 aliphatic heterocycles. The van der Waals surface area contributed by atoms with Crippen LogP contribution < -0.4 is 11.1 Å². The van der Waals surface area contributed by atoms with Gasteiger partial charge in [-0.3, -0.25) is 14.4 Å². The van der Waals surface area contributed by atoms with E-state index < -0.39 is 12.1 Å². The number of phenolic OH excluding ortho intramolecular Hbond substituents is 1. The van der Waals surface area contributed by atoms with Gasteiger partial charge in [0, 0.05) is 12.3 Å². The normalized spacial score (nSPS) is 15.5. The Hall–Kier alpha value is -2.21. The summed E-state index contributed by atoms with van der Waals surface area (Å²) in [6.07, 6.45) is 1.16. The molecule has 0 aromatic heterocycles. The van der Waals surface area contributed by atoms with Crippen LogP contribution in [0, 0.1) is 17.8 Å². The number of ketones is 2. The summed E-state index contributed by atoms with van der Waals surface area (Å²) in [6, 6.07) is 5.01. The molecule has 1 aromatic rings. The number of benzene rings is 1. The van der Waals surface area contributed by atoms with E-state index in [-0.39, 0.29) is 53.8 Å². The Morgan fingerprint density at radius 2 is 1.68 bits per heavy atom. The summed E-state index contributed by atoms with van der Waals surface area (Å²) < 4.78 is 0. The first-order valence-electron chi connectivity index (χ1n) is 9.93. The zero-order chi connectivity index (χ0) is 21.4. The van der Waals surface area contributed by atoms with Crippen LogP contribution in [0.5, 0.6) is 5.75 Å². The van der Waals surface area contributed by atoms with Crippen molar-refractivity contribution in [3.63, 3.8) is 0 Å². The van der Waals surface area contributed by atoms with Crippen molar-refractivity contribution in [3.05, 3.63) is 29.8 Å². The summed E-state index contributed by atoms with van der Waals surface area (Å²) in [5, 5.41) is 12.2. The molecule has 4 N–H and O–H groups in total. The molecule has 1 amide bonds. The second kappa shape index (κ2) is 11.0. The standard InChI is InChI=1S/C22H34N2O4/c1-6-14(4)18(15(5)25)12-20(27)19(24-22(28)21(23)13(2)3)11-16-7-9-17(26)10-8-16/h7-10,13-14,18-19,21,26H,6,11-12,23H2,1-5H3,(H,24,28)/t14?,18-,19-,21-/m0/s1. The second-order valence-electron chi connectivity index (χ2n) is 7.97. The van der Waals surface area contributed by atoms with Gasteiger partial charge in [-0.1, -0.05) is 46.2 Å². The van der Waals surface area contributed by atoms with Crippen LogP contribution in [-0.2, 0) is 20.8 Å². The number of nitrogens with two attached hydrogens (primary N) is 1. The molecule has 28 heavy (non-hydrogen) atoms. The largest absolute Gasteiger partial charge is 0.508 e. The van der Waals surface area contributed by atoms with Crippen molar-refractivity contribution in [2.75, 3.05) is 0 Å². The molecule has 1 rings (SSSR count). The highest BCUT2D eigenvalue weighted by molar-refractivity contribution is 5.93. The molecular weight excluding hydrogens is 356 g/mol. The van der Waals surface area contributed by atoms with Gasteiger partial charge >= 0.3 is 0 Å². The van der Waals surface area contributed by atoms with Gasteiger partial charge in [0.05, 0.1) is 12.1 Å². The van der Waals surface area contributed by atoms with Gasteiger partial charge in [-0.15, -0.1) is 0 Å². The summed E-state index contributed by atoms with van der Waals surface area (Å²) in [4.78, 5) is 37.5. The van der Waals surface area contributed by atoms with E-state index in [4.69, 9.17) is 5.73 Å². The molecule has 0 aliphatic carbocycles. The number of carbonyl (C=O) groups is 3. The van der Waals surface area contributed by atoms with Crippen molar-refractivity contribution in [2.24, 2.45) is 23.5 Å². The van der Waals surface area contributed by atoms with Gasteiger partial charge in [-0.05, 0) is 42.9 Å². The maximum atomic E-state index is 13.0. The number of hydrogen-bond acceptors (Lipinski definition) is 5. The van der Waals surface area contributed by atoms with Crippen LogP contribution in [0.25, 0.3) is 0 Å². The van der Waals surface area contributed by atoms with E-state index in [1.54, 1.807) is 12.1 Å². The Balaban J connectivity index is 3.03. The van der Waals surface area contributed by atoms with Crippen LogP contribution in [0.15, 0.2) is 24.3 Å². The zero-order valence-corrected chi connectivity index (χ0v) is 17.6. The predicted octanol–water partition coefficient (Wildman–Crippen LogP) is 2.61. The number of amides is 1. The third-order valence-corrected chi connectivity index (χ3v) is 5.38. The molecule has 0 bridgehead atoms. The van der Waals surface area contributed by atoms with Crippen LogP contribution in [0.3, 0.4) is 0 Å². The highest BCUT2D eigenvalue weighted by Gasteiger charge is 2.30. The molecule has 156 valence electrons. The molecule has 0 fully saturated rings. The number of Topliss-reactive ketones (excluding diaryl/α,β-unsaturated/α-hetero) is 2. The molecule has 1 aromatic carbocycles. The fourth-order valence-electron chi connectivity index (χ4n) is 3.07. The topological polar surface area (TPSA) is 109 Å². The van der Waals surface area contributed by atoms with Gasteiger partial charge in [0.1, 0.15) is 11.5 Å². The Morgan fingerprint density at radius 1 is 1.11 bits per heavy atom. The lowest BCUT2D eigenvalue weighted by Crippen LogP contribution is -2.51. The molecule has 0 aliphatic rings. The first-order valence-corrected chi connectivity index (χ1v) is 9.93. The molecule has 0 heterocycles. The van der Waals surface area contributed by atoms with Crippen molar-refractivity contribution in [1.82, 2.24) is 5.32 Å². The van der Waals surface area contributed by atoms with Crippen LogP contribution in [0.2, 0.25) is 0 Å². The van der Waals surface area contributed by atoms with Gasteiger partial charge in [-0.25, -0.2) is 0 Å². The minimum Gasteiger partial charge on any atom is -0.508 e. The van der Waals surface area contributed by atoms with Gasteiger partial charge < -0.3 is 16.2 Å². The smallest absolute Gasteiger partial charge is 0.237 e. The summed E-state index contributed by atoms with van der Waals surface area (Å²) in [6.45, 7) is 9.14. The highest BCUT2D eigenvalue weighted by atomic mass is 16.3. The van der Waals surface area contributed by atoms with Gasteiger partial charge in [0.15, 0.2) is 5.78 Å². The molecule has 0 saturated heterocycles. The van der Waals surface area contributed by atoms with Crippen molar-refractivity contribution in [3.8, 4) is 5.75 Å². The fraction of sp³-hybridized carbons (Fsp3) is 0.591. The number of nitrogens with one attached hydrogen (secondary N) is 1. The molecule has 0 radical (unpaired) electrons. The van der Waals surface area contributed by atoms with Gasteiger partial charge in [-0.2, -0.15) is 0 Å².